The first kappa shape index (κ1) is 13.9. The van der Waals surface area contributed by atoms with Crippen LogP contribution in [0, 0.1) is 0 Å². The van der Waals surface area contributed by atoms with Gasteiger partial charge in [-0.25, -0.2) is 4.98 Å². The number of aryl methyl sites for hydroxylation is 1. The summed E-state index contributed by atoms with van der Waals surface area (Å²) in [4.78, 5) is 19.0. The normalized spacial score (nSPS) is 17.0. The van der Waals surface area contributed by atoms with Crippen molar-refractivity contribution in [2.45, 2.75) is 32.2 Å². The van der Waals surface area contributed by atoms with Crippen LogP contribution in [0.5, 0.6) is 0 Å². The standard InChI is InChI=1S/C16H22N4O/c1-12(15(21)20-10-6-3-7-11-20)17-16-18-13-8-4-5-9-14(13)19(16)2/h4-5,8-9,12H,3,6-7,10-11H2,1-2H3,(H,17,18). The second-order valence-electron chi connectivity index (χ2n) is 5.74. The zero-order valence-electron chi connectivity index (χ0n) is 12.7. The molecule has 1 aliphatic rings. The van der Waals surface area contributed by atoms with Crippen molar-refractivity contribution in [2.75, 3.05) is 18.4 Å². The number of aromatic nitrogens is 2. The van der Waals surface area contributed by atoms with Crippen molar-refractivity contribution < 1.29 is 4.79 Å². The Hall–Kier alpha value is -2.04. The molecule has 112 valence electrons. The summed E-state index contributed by atoms with van der Waals surface area (Å²) in [6.45, 7) is 3.68. The minimum absolute atomic E-state index is 0.168. The second kappa shape index (κ2) is 5.76. The predicted molar refractivity (Wildman–Crippen MR) is 84.2 cm³/mol. The van der Waals surface area contributed by atoms with Gasteiger partial charge in [0.15, 0.2) is 0 Å². The van der Waals surface area contributed by atoms with Crippen molar-refractivity contribution in [1.82, 2.24) is 14.5 Å². The number of anilines is 1. The van der Waals surface area contributed by atoms with E-state index < -0.39 is 0 Å². The molecule has 2 heterocycles. The van der Waals surface area contributed by atoms with Gasteiger partial charge in [-0.1, -0.05) is 12.1 Å². The second-order valence-corrected chi connectivity index (χ2v) is 5.74. The highest BCUT2D eigenvalue weighted by atomic mass is 16.2. The first-order chi connectivity index (χ1) is 10.2. The zero-order chi connectivity index (χ0) is 14.8. The quantitative estimate of drug-likeness (QED) is 0.942. The molecule has 0 aliphatic carbocycles. The summed E-state index contributed by atoms with van der Waals surface area (Å²) in [5, 5.41) is 3.26. The number of para-hydroxylation sites is 2. The van der Waals surface area contributed by atoms with Crippen LogP contribution in [-0.2, 0) is 11.8 Å². The van der Waals surface area contributed by atoms with Crippen LogP contribution < -0.4 is 5.32 Å². The fraction of sp³-hybridized carbons (Fsp3) is 0.500. The van der Waals surface area contributed by atoms with Crippen molar-refractivity contribution in [3.05, 3.63) is 24.3 Å². The van der Waals surface area contributed by atoms with Crippen molar-refractivity contribution in [3.63, 3.8) is 0 Å². The van der Waals surface area contributed by atoms with E-state index in [0.717, 1.165) is 42.9 Å². The third-order valence-corrected chi connectivity index (χ3v) is 4.17. The molecule has 3 rings (SSSR count). The molecule has 1 aliphatic heterocycles. The van der Waals surface area contributed by atoms with E-state index in [-0.39, 0.29) is 11.9 Å². The van der Waals surface area contributed by atoms with Crippen LogP contribution in [0.25, 0.3) is 11.0 Å². The summed E-state index contributed by atoms with van der Waals surface area (Å²) in [5.41, 5.74) is 2.01. The molecule has 5 nitrogen and oxygen atoms in total. The summed E-state index contributed by atoms with van der Waals surface area (Å²) >= 11 is 0. The lowest BCUT2D eigenvalue weighted by Gasteiger charge is -2.29. The molecule has 0 saturated carbocycles. The van der Waals surface area contributed by atoms with Gasteiger partial charge in [-0.15, -0.1) is 0 Å². The van der Waals surface area contributed by atoms with E-state index in [2.05, 4.69) is 10.3 Å². The fourth-order valence-electron chi connectivity index (χ4n) is 2.92. The van der Waals surface area contributed by atoms with Crippen LogP contribution in [0.4, 0.5) is 5.95 Å². The molecule has 1 atom stereocenters. The number of carbonyl (C=O) groups excluding carboxylic acids is 1. The molecule has 1 N–H and O–H groups in total. The molecule has 0 radical (unpaired) electrons. The highest BCUT2D eigenvalue weighted by Gasteiger charge is 2.23. The number of rotatable bonds is 3. The zero-order valence-corrected chi connectivity index (χ0v) is 12.7. The molecule has 21 heavy (non-hydrogen) atoms. The van der Waals surface area contributed by atoms with Gasteiger partial charge in [0.25, 0.3) is 0 Å². The number of nitrogens with one attached hydrogen (secondary N) is 1. The predicted octanol–water partition coefficient (Wildman–Crippen LogP) is 2.39. The molecule has 1 fully saturated rings. The number of likely N-dealkylation sites (tertiary alicyclic amines) is 1. The monoisotopic (exact) mass is 286 g/mol. The van der Waals surface area contributed by atoms with Crippen LogP contribution in [0.3, 0.4) is 0 Å². The smallest absolute Gasteiger partial charge is 0.244 e. The highest BCUT2D eigenvalue weighted by molar-refractivity contribution is 5.85. The van der Waals surface area contributed by atoms with Crippen LogP contribution >= 0.6 is 0 Å². The Morgan fingerprint density at radius 2 is 1.95 bits per heavy atom. The molecule has 2 aromatic rings. The summed E-state index contributed by atoms with van der Waals surface area (Å²) < 4.78 is 2.00. The van der Waals surface area contributed by atoms with E-state index in [1.807, 2.05) is 47.7 Å². The average Bonchev–Trinajstić information content (AvgIpc) is 2.84. The molecule has 1 aromatic heterocycles. The minimum Gasteiger partial charge on any atom is -0.344 e. The SMILES string of the molecule is CC(Nc1nc2ccccc2n1C)C(=O)N1CCCCC1. The van der Waals surface area contributed by atoms with E-state index in [0.29, 0.717) is 0 Å². The first-order valence-electron chi connectivity index (χ1n) is 7.63. The highest BCUT2D eigenvalue weighted by Crippen LogP contribution is 2.19. The summed E-state index contributed by atoms with van der Waals surface area (Å²) in [5.74, 6) is 0.913. The van der Waals surface area contributed by atoms with Crippen LogP contribution in [-0.4, -0.2) is 39.5 Å². The lowest BCUT2D eigenvalue weighted by atomic mass is 10.1. The number of benzene rings is 1. The maximum atomic E-state index is 12.5. The van der Waals surface area contributed by atoms with E-state index >= 15 is 0 Å². The Kier molecular flexibility index (Phi) is 3.82. The molecule has 1 amide bonds. The van der Waals surface area contributed by atoms with Gasteiger partial charge in [0.1, 0.15) is 6.04 Å². The number of carbonyl (C=O) groups is 1. The Morgan fingerprint density at radius 1 is 1.24 bits per heavy atom. The molecule has 1 unspecified atom stereocenters. The van der Waals surface area contributed by atoms with Gasteiger partial charge in [-0.05, 0) is 38.3 Å². The third-order valence-electron chi connectivity index (χ3n) is 4.17. The van der Waals surface area contributed by atoms with E-state index in [9.17, 15) is 4.79 Å². The fourth-order valence-corrected chi connectivity index (χ4v) is 2.92. The molecule has 0 spiro atoms. The lowest BCUT2D eigenvalue weighted by molar-refractivity contribution is -0.132. The number of hydrogen-bond acceptors (Lipinski definition) is 3. The van der Waals surface area contributed by atoms with Crippen molar-refractivity contribution in [3.8, 4) is 0 Å². The largest absolute Gasteiger partial charge is 0.344 e. The van der Waals surface area contributed by atoms with Gasteiger partial charge in [0, 0.05) is 20.1 Å². The van der Waals surface area contributed by atoms with Crippen LogP contribution in [0.15, 0.2) is 24.3 Å². The molecule has 5 heteroatoms. The molecule has 0 bridgehead atoms. The van der Waals surface area contributed by atoms with Crippen molar-refractivity contribution in [1.29, 1.82) is 0 Å². The number of piperidine rings is 1. The van der Waals surface area contributed by atoms with Gasteiger partial charge in [0.2, 0.25) is 11.9 Å². The van der Waals surface area contributed by atoms with E-state index in [4.69, 9.17) is 0 Å². The number of hydrogen-bond donors (Lipinski definition) is 1. The van der Waals surface area contributed by atoms with Gasteiger partial charge >= 0.3 is 0 Å². The maximum absolute atomic E-state index is 12.5. The third kappa shape index (κ3) is 2.73. The van der Waals surface area contributed by atoms with Gasteiger partial charge in [0.05, 0.1) is 11.0 Å². The van der Waals surface area contributed by atoms with Crippen LogP contribution in [0.2, 0.25) is 0 Å². The van der Waals surface area contributed by atoms with Gasteiger partial charge in [-0.2, -0.15) is 0 Å². The Balaban J connectivity index is 1.75. The molecule has 1 saturated heterocycles. The summed E-state index contributed by atoms with van der Waals surface area (Å²) in [6.07, 6.45) is 3.46. The van der Waals surface area contributed by atoms with Gasteiger partial charge in [-0.3, -0.25) is 4.79 Å². The Labute approximate surface area is 125 Å². The summed E-state index contributed by atoms with van der Waals surface area (Å²) in [6, 6.07) is 7.73. The Morgan fingerprint density at radius 3 is 2.67 bits per heavy atom. The number of nitrogens with zero attached hydrogens (tertiary/aromatic N) is 3. The van der Waals surface area contributed by atoms with Gasteiger partial charge < -0.3 is 14.8 Å². The molecule has 1 aromatic carbocycles. The van der Waals surface area contributed by atoms with E-state index in [1.54, 1.807) is 0 Å². The lowest BCUT2D eigenvalue weighted by Crippen LogP contribution is -2.44. The van der Waals surface area contributed by atoms with Crippen molar-refractivity contribution >= 4 is 22.9 Å². The number of amides is 1. The number of imidazole rings is 1. The van der Waals surface area contributed by atoms with E-state index in [1.165, 1.54) is 6.42 Å². The number of fused-ring (bicyclic) bond motifs is 1. The van der Waals surface area contributed by atoms with Crippen molar-refractivity contribution in [2.24, 2.45) is 7.05 Å². The molecular formula is C16H22N4O. The Bertz CT molecular complexity index is 643. The topological polar surface area (TPSA) is 50.2 Å². The first-order valence-corrected chi connectivity index (χ1v) is 7.63. The average molecular weight is 286 g/mol. The molecular weight excluding hydrogens is 264 g/mol. The minimum atomic E-state index is -0.251. The van der Waals surface area contributed by atoms with Crippen LogP contribution in [0.1, 0.15) is 26.2 Å². The summed E-state index contributed by atoms with van der Waals surface area (Å²) in [7, 11) is 1.97. The maximum Gasteiger partial charge on any atom is 0.244 e.